The highest BCUT2D eigenvalue weighted by Gasteiger charge is 2.30. The van der Waals surface area contributed by atoms with Crippen LogP contribution in [0.15, 0.2) is 28.7 Å². The van der Waals surface area contributed by atoms with Gasteiger partial charge in [0.25, 0.3) is 0 Å². The lowest BCUT2D eigenvalue weighted by Crippen LogP contribution is -2.04. The molecule has 0 radical (unpaired) electrons. The second kappa shape index (κ2) is 4.65. The molecule has 2 aromatic rings. The molecule has 0 amide bonds. The van der Waals surface area contributed by atoms with Gasteiger partial charge in [-0.1, -0.05) is 6.07 Å². The number of rotatable bonds is 2. The minimum absolute atomic E-state index is 0.137. The zero-order chi connectivity index (χ0) is 13.3. The Kier molecular flexibility index (Phi) is 3.34. The normalized spacial score (nSPS) is 11.8. The van der Waals surface area contributed by atoms with Crippen molar-refractivity contribution < 1.29 is 17.6 Å². The van der Waals surface area contributed by atoms with Crippen LogP contribution in [0.3, 0.4) is 0 Å². The average molecular weight is 276 g/mol. The molecule has 0 aliphatic carbocycles. The maximum Gasteiger partial charge on any atom is 0.416 e. The maximum absolute atomic E-state index is 12.6. The molecule has 0 fully saturated rings. The molecule has 18 heavy (non-hydrogen) atoms. The zero-order valence-electron chi connectivity index (χ0n) is 9.38. The fraction of sp³-hybridized carbons (Fsp3) is 0.250. The van der Waals surface area contributed by atoms with Gasteiger partial charge in [-0.05, 0) is 25.1 Å². The number of hydrogen-bond donors (Lipinski definition) is 0. The minimum atomic E-state index is -4.38. The first-order valence-corrected chi connectivity index (χ1v) is 5.65. The topological polar surface area (TPSA) is 26.0 Å². The van der Waals surface area contributed by atoms with Crippen LogP contribution in [0, 0.1) is 6.92 Å². The van der Waals surface area contributed by atoms with Gasteiger partial charge >= 0.3 is 6.18 Å². The molecule has 0 atom stereocenters. The largest absolute Gasteiger partial charge is 0.440 e. The van der Waals surface area contributed by atoms with E-state index in [1.54, 1.807) is 6.92 Å². The molecule has 0 aliphatic heterocycles. The lowest BCUT2D eigenvalue weighted by Gasteiger charge is -2.06. The van der Waals surface area contributed by atoms with Gasteiger partial charge in [0.2, 0.25) is 5.89 Å². The molecule has 0 N–H and O–H groups in total. The summed E-state index contributed by atoms with van der Waals surface area (Å²) in [7, 11) is 0. The Morgan fingerprint density at radius 3 is 2.61 bits per heavy atom. The molecule has 2 rings (SSSR count). The van der Waals surface area contributed by atoms with Crippen molar-refractivity contribution in [3.63, 3.8) is 0 Å². The van der Waals surface area contributed by atoms with Crippen LogP contribution in [0.25, 0.3) is 11.5 Å². The highest BCUT2D eigenvalue weighted by atomic mass is 35.5. The van der Waals surface area contributed by atoms with E-state index in [0.717, 1.165) is 12.1 Å². The first-order valence-electron chi connectivity index (χ1n) is 5.11. The van der Waals surface area contributed by atoms with Crippen LogP contribution in [0.1, 0.15) is 17.0 Å². The van der Waals surface area contributed by atoms with Gasteiger partial charge in [0.1, 0.15) is 5.76 Å². The van der Waals surface area contributed by atoms with E-state index in [0.29, 0.717) is 11.5 Å². The van der Waals surface area contributed by atoms with Gasteiger partial charge in [0.15, 0.2) is 0 Å². The molecule has 0 spiro atoms. The summed E-state index contributed by atoms with van der Waals surface area (Å²) < 4.78 is 43.0. The molecule has 0 saturated heterocycles. The Hall–Kier alpha value is -1.49. The standard InChI is InChI=1S/C12H9ClF3NO/c1-7-10(6-13)18-11(17-7)8-3-2-4-9(5-8)12(14,15)16/h2-5H,6H2,1H3. The number of alkyl halides is 4. The van der Waals surface area contributed by atoms with E-state index in [2.05, 4.69) is 4.98 Å². The second-order valence-electron chi connectivity index (χ2n) is 3.74. The van der Waals surface area contributed by atoms with Crippen LogP contribution in [-0.2, 0) is 12.1 Å². The Morgan fingerprint density at radius 2 is 2.06 bits per heavy atom. The van der Waals surface area contributed by atoms with E-state index in [-0.39, 0.29) is 17.3 Å². The highest BCUT2D eigenvalue weighted by molar-refractivity contribution is 6.16. The van der Waals surface area contributed by atoms with E-state index in [1.165, 1.54) is 12.1 Å². The van der Waals surface area contributed by atoms with Crippen molar-refractivity contribution in [2.45, 2.75) is 19.0 Å². The molecule has 0 unspecified atom stereocenters. The van der Waals surface area contributed by atoms with Gasteiger partial charge in [-0.15, -0.1) is 11.6 Å². The molecule has 0 bridgehead atoms. The number of aryl methyl sites for hydroxylation is 1. The average Bonchev–Trinajstić information content (AvgIpc) is 2.70. The van der Waals surface area contributed by atoms with Gasteiger partial charge in [-0.25, -0.2) is 4.98 Å². The van der Waals surface area contributed by atoms with E-state index in [4.69, 9.17) is 16.0 Å². The van der Waals surface area contributed by atoms with Gasteiger partial charge < -0.3 is 4.42 Å². The summed E-state index contributed by atoms with van der Waals surface area (Å²) in [6.07, 6.45) is -4.38. The summed E-state index contributed by atoms with van der Waals surface area (Å²) in [5, 5.41) is 0. The summed E-state index contributed by atoms with van der Waals surface area (Å²) in [5.74, 6) is 0.746. The van der Waals surface area contributed by atoms with E-state index >= 15 is 0 Å². The monoisotopic (exact) mass is 275 g/mol. The molecule has 0 saturated carbocycles. The molecular formula is C12H9ClF3NO. The van der Waals surface area contributed by atoms with Crippen LogP contribution < -0.4 is 0 Å². The summed E-state index contributed by atoms with van der Waals surface area (Å²) in [6, 6.07) is 4.83. The van der Waals surface area contributed by atoms with Gasteiger partial charge in [-0.2, -0.15) is 13.2 Å². The van der Waals surface area contributed by atoms with Crippen molar-refractivity contribution in [3.8, 4) is 11.5 Å². The van der Waals surface area contributed by atoms with Crippen molar-refractivity contribution in [2.24, 2.45) is 0 Å². The molecule has 1 aromatic heterocycles. The predicted molar refractivity (Wildman–Crippen MR) is 61.2 cm³/mol. The first-order chi connectivity index (χ1) is 8.41. The SMILES string of the molecule is Cc1nc(-c2cccc(C(F)(F)F)c2)oc1CCl. The number of oxazole rings is 1. The van der Waals surface area contributed by atoms with Gasteiger partial charge in [0.05, 0.1) is 17.1 Å². The van der Waals surface area contributed by atoms with Crippen LogP contribution in [0.2, 0.25) is 0 Å². The van der Waals surface area contributed by atoms with Gasteiger partial charge in [0, 0.05) is 5.56 Å². The highest BCUT2D eigenvalue weighted by Crippen LogP contribution is 2.32. The Labute approximate surface area is 106 Å². The first kappa shape index (κ1) is 13.0. The Morgan fingerprint density at radius 1 is 1.33 bits per heavy atom. The van der Waals surface area contributed by atoms with E-state index < -0.39 is 11.7 Å². The maximum atomic E-state index is 12.6. The predicted octanol–water partition coefficient (Wildman–Crippen LogP) is 4.41. The number of halogens is 4. The van der Waals surface area contributed by atoms with Crippen molar-refractivity contribution in [1.29, 1.82) is 0 Å². The molecule has 1 heterocycles. The number of benzene rings is 1. The lowest BCUT2D eigenvalue weighted by atomic mass is 10.1. The van der Waals surface area contributed by atoms with E-state index in [1.807, 2.05) is 0 Å². The molecule has 6 heteroatoms. The quantitative estimate of drug-likeness (QED) is 0.759. The van der Waals surface area contributed by atoms with Crippen LogP contribution in [0.5, 0.6) is 0 Å². The summed E-state index contributed by atoms with van der Waals surface area (Å²) in [5.41, 5.74) is 0.130. The van der Waals surface area contributed by atoms with Gasteiger partial charge in [-0.3, -0.25) is 0 Å². The van der Waals surface area contributed by atoms with Crippen molar-refractivity contribution >= 4 is 11.6 Å². The summed E-state index contributed by atoms with van der Waals surface area (Å²) in [4.78, 5) is 4.06. The smallest absolute Gasteiger partial charge is 0.416 e. The molecular weight excluding hydrogens is 267 g/mol. The Balaban J connectivity index is 2.44. The van der Waals surface area contributed by atoms with Crippen LogP contribution in [0.4, 0.5) is 13.2 Å². The van der Waals surface area contributed by atoms with Crippen LogP contribution >= 0.6 is 11.6 Å². The van der Waals surface area contributed by atoms with Crippen molar-refractivity contribution in [2.75, 3.05) is 0 Å². The molecule has 96 valence electrons. The van der Waals surface area contributed by atoms with E-state index in [9.17, 15) is 13.2 Å². The fourth-order valence-corrected chi connectivity index (χ4v) is 1.75. The molecule has 1 aromatic carbocycles. The third-order valence-corrected chi connectivity index (χ3v) is 2.69. The second-order valence-corrected chi connectivity index (χ2v) is 4.01. The lowest BCUT2D eigenvalue weighted by molar-refractivity contribution is -0.137. The van der Waals surface area contributed by atoms with Crippen molar-refractivity contribution in [3.05, 3.63) is 41.3 Å². The number of aromatic nitrogens is 1. The van der Waals surface area contributed by atoms with Crippen molar-refractivity contribution in [1.82, 2.24) is 4.98 Å². The number of nitrogens with zero attached hydrogens (tertiary/aromatic N) is 1. The summed E-state index contributed by atoms with van der Waals surface area (Å²) >= 11 is 5.62. The minimum Gasteiger partial charge on any atom is -0.440 e. The third-order valence-electron chi connectivity index (χ3n) is 2.45. The Bertz CT molecular complexity index is 563. The number of hydrogen-bond acceptors (Lipinski definition) is 2. The molecule has 0 aliphatic rings. The summed E-state index contributed by atoms with van der Waals surface area (Å²) in [6.45, 7) is 1.69. The van der Waals surface area contributed by atoms with Crippen LogP contribution in [-0.4, -0.2) is 4.98 Å². The fourth-order valence-electron chi connectivity index (χ4n) is 1.50. The zero-order valence-corrected chi connectivity index (χ0v) is 10.1. The molecule has 2 nitrogen and oxygen atoms in total. The third kappa shape index (κ3) is 2.51.